The Labute approximate surface area is 144 Å². The van der Waals surface area contributed by atoms with E-state index in [0.29, 0.717) is 16.3 Å². The van der Waals surface area contributed by atoms with Gasteiger partial charge < -0.3 is 10.1 Å². The number of ether oxygens (including phenoxy) is 1. The van der Waals surface area contributed by atoms with Crippen LogP contribution in [0, 0.1) is 24.0 Å². The second-order valence-corrected chi connectivity index (χ2v) is 5.68. The van der Waals surface area contributed by atoms with Crippen LogP contribution in [0.2, 0.25) is 5.02 Å². The first kappa shape index (κ1) is 17.7. The molecule has 0 aromatic heterocycles. The molecule has 0 spiro atoms. The summed E-state index contributed by atoms with van der Waals surface area (Å²) in [5.74, 6) is 0.231. The molecule has 0 bridgehead atoms. The number of rotatable bonds is 6. The molecule has 0 saturated carbocycles. The Kier molecular flexibility index (Phi) is 5.76. The van der Waals surface area contributed by atoms with Crippen LogP contribution in [-0.4, -0.2) is 24.0 Å². The van der Waals surface area contributed by atoms with Crippen molar-refractivity contribution in [2.24, 2.45) is 0 Å². The smallest absolute Gasteiger partial charge is 0.273 e. The van der Waals surface area contributed by atoms with E-state index in [2.05, 4.69) is 5.32 Å². The highest BCUT2D eigenvalue weighted by atomic mass is 35.5. The highest BCUT2D eigenvalue weighted by Crippen LogP contribution is 2.21. The first-order chi connectivity index (χ1) is 11.4. The molecule has 2 rings (SSSR count). The molecule has 0 heterocycles. The lowest BCUT2D eigenvalue weighted by atomic mass is 10.1. The Morgan fingerprint density at radius 3 is 2.58 bits per heavy atom. The zero-order valence-corrected chi connectivity index (χ0v) is 14.1. The second kappa shape index (κ2) is 7.79. The van der Waals surface area contributed by atoms with Gasteiger partial charge in [0.2, 0.25) is 0 Å². The van der Waals surface area contributed by atoms with Gasteiger partial charge in [0.05, 0.1) is 11.5 Å². The lowest BCUT2D eigenvalue weighted by molar-refractivity contribution is -0.385. The van der Waals surface area contributed by atoms with E-state index >= 15 is 0 Å². The molecule has 126 valence electrons. The van der Waals surface area contributed by atoms with Crippen LogP contribution in [0.1, 0.15) is 21.5 Å². The number of nitro groups is 1. The molecule has 7 heteroatoms. The number of aryl methyl sites for hydroxylation is 2. The molecule has 1 N–H and O–H groups in total. The third-order valence-corrected chi connectivity index (χ3v) is 3.87. The number of hydrogen-bond donors (Lipinski definition) is 1. The molecule has 0 aliphatic heterocycles. The number of benzene rings is 2. The van der Waals surface area contributed by atoms with Crippen LogP contribution in [0.3, 0.4) is 0 Å². The van der Waals surface area contributed by atoms with Crippen molar-refractivity contribution < 1.29 is 14.5 Å². The van der Waals surface area contributed by atoms with Gasteiger partial charge in [-0.1, -0.05) is 23.7 Å². The standard InChI is InChI=1S/C17H17ClN2O4/c1-11-4-6-14(10-15(11)18)24-8-7-19-17(21)13-5-3-12(2)16(9-13)20(22)23/h3-6,9-10H,7-8H2,1-2H3,(H,19,21). The van der Waals surface area contributed by atoms with Gasteiger partial charge in [-0.15, -0.1) is 0 Å². The van der Waals surface area contributed by atoms with Gasteiger partial charge in [-0.05, 0) is 37.6 Å². The zero-order chi connectivity index (χ0) is 17.7. The third kappa shape index (κ3) is 4.45. The van der Waals surface area contributed by atoms with Crippen molar-refractivity contribution in [3.8, 4) is 5.75 Å². The van der Waals surface area contributed by atoms with Crippen molar-refractivity contribution >= 4 is 23.2 Å². The molecule has 0 saturated heterocycles. The average molecular weight is 349 g/mol. The predicted molar refractivity (Wildman–Crippen MR) is 91.9 cm³/mol. The maximum absolute atomic E-state index is 12.0. The van der Waals surface area contributed by atoms with E-state index < -0.39 is 4.92 Å². The lowest BCUT2D eigenvalue weighted by Crippen LogP contribution is -2.28. The van der Waals surface area contributed by atoms with Crippen molar-refractivity contribution in [1.29, 1.82) is 0 Å². The van der Waals surface area contributed by atoms with Crippen LogP contribution in [0.5, 0.6) is 5.75 Å². The number of carbonyl (C=O) groups excluding carboxylic acids is 1. The Bertz CT molecular complexity index is 777. The Balaban J connectivity index is 1.88. The SMILES string of the molecule is Cc1ccc(OCCNC(=O)c2ccc(C)c([N+](=O)[O-])c2)cc1Cl. The molecule has 0 aliphatic rings. The van der Waals surface area contributed by atoms with Crippen molar-refractivity contribution in [1.82, 2.24) is 5.32 Å². The Hall–Kier alpha value is -2.60. The topological polar surface area (TPSA) is 81.5 Å². The van der Waals surface area contributed by atoms with Gasteiger partial charge in [0.25, 0.3) is 11.6 Å². The van der Waals surface area contributed by atoms with Crippen molar-refractivity contribution in [2.75, 3.05) is 13.2 Å². The highest BCUT2D eigenvalue weighted by molar-refractivity contribution is 6.31. The summed E-state index contributed by atoms with van der Waals surface area (Å²) in [5.41, 5.74) is 1.63. The van der Waals surface area contributed by atoms with Crippen LogP contribution >= 0.6 is 11.6 Å². The number of nitrogens with zero attached hydrogens (tertiary/aromatic N) is 1. The summed E-state index contributed by atoms with van der Waals surface area (Å²) >= 11 is 6.01. The molecule has 1 amide bonds. The Morgan fingerprint density at radius 1 is 1.21 bits per heavy atom. The van der Waals surface area contributed by atoms with Crippen LogP contribution in [-0.2, 0) is 0 Å². The molecule has 0 radical (unpaired) electrons. The van der Waals surface area contributed by atoms with Crippen LogP contribution in [0.15, 0.2) is 36.4 Å². The maximum atomic E-state index is 12.0. The van der Waals surface area contributed by atoms with Gasteiger partial charge in [0, 0.05) is 22.2 Å². The van der Waals surface area contributed by atoms with Gasteiger partial charge in [0.15, 0.2) is 0 Å². The minimum absolute atomic E-state index is 0.0757. The molecule has 0 aliphatic carbocycles. The van der Waals surface area contributed by atoms with Gasteiger partial charge in [0.1, 0.15) is 12.4 Å². The summed E-state index contributed by atoms with van der Waals surface area (Å²) in [6, 6.07) is 9.73. The van der Waals surface area contributed by atoms with E-state index in [1.54, 1.807) is 31.2 Å². The minimum atomic E-state index is -0.504. The predicted octanol–water partition coefficient (Wildman–Crippen LogP) is 3.67. The second-order valence-electron chi connectivity index (χ2n) is 5.27. The number of nitro benzene ring substituents is 1. The summed E-state index contributed by atoms with van der Waals surface area (Å²) < 4.78 is 5.50. The third-order valence-electron chi connectivity index (χ3n) is 3.47. The van der Waals surface area contributed by atoms with Gasteiger partial charge in [-0.25, -0.2) is 0 Å². The molecular formula is C17H17ClN2O4. The number of halogens is 1. The van der Waals surface area contributed by atoms with Crippen molar-refractivity contribution in [3.05, 3.63) is 68.2 Å². The zero-order valence-electron chi connectivity index (χ0n) is 13.3. The summed E-state index contributed by atoms with van der Waals surface area (Å²) in [5, 5.41) is 14.2. The van der Waals surface area contributed by atoms with Crippen LogP contribution in [0.4, 0.5) is 5.69 Å². The number of hydrogen-bond acceptors (Lipinski definition) is 4. The summed E-state index contributed by atoms with van der Waals surface area (Å²) in [7, 11) is 0. The first-order valence-electron chi connectivity index (χ1n) is 7.30. The lowest BCUT2D eigenvalue weighted by Gasteiger charge is -2.09. The largest absolute Gasteiger partial charge is 0.492 e. The molecule has 0 unspecified atom stereocenters. The fraction of sp³-hybridized carbons (Fsp3) is 0.235. The monoisotopic (exact) mass is 348 g/mol. The fourth-order valence-corrected chi connectivity index (χ4v) is 2.22. The van der Waals surface area contributed by atoms with E-state index in [4.69, 9.17) is 16.3 Å². The summed E-state index contributed by atoms with van der Waals surface area (Å²) in [4.78, 5) is 22.4. The number of nitrogens with one attached hydrogen (secondary N) is 1. The van der Waals surface area contributed by atoms with Gasteiger partial charge >= 0.3 is 0 Å². The molecule has 0 fully saturated rings. The van der Waals surface area contributed by atoms with E-state index in [0.717, 1.165) is 5.56 Å². The quantitative estimate of drug-likeness (QED) is 0.490. The highest BCUT2D eigenvalue weighted by Gasteiger charge is 2.14. The minimum Gasteiger partial charge on any atom is -0.492 e. The summed E-state index contributed by atoms with van der Waals surface area (Å²) in [6.07, 6.45) is 0. The average Bonchev–Trinajstić information content (AvgIpc) is 2.54. The van der Waals surface area contributed by atoms with E-state index in [9.17, 15) is 14.9 Å². The molecule has 24 heavy (non-hydrogen) atoms. The molecule has 2 aromatic rings. The maximum Gasteiger partial charge on any atom is 0.273 e. The van der Waals surface area contributed by atoms with Crippen LogP contribution in [0.25, 0.3) is 0 Å². The molecular weight excluding hydrogens is 332 g/mol. The summed E-state index contributed by atoms with van der Waals surface area (Å²) in [6.45, 7) is 4.05. The number of amides is 1. The number of carbonyl (C=O) groups is 1. The van der Waals surface area contributed by atoms with Gasteiger partial charge in [-0.3, -0.25) is 14.9 Å². The van der Waals surface area contributed by atoms with Crippen LogP contribution < -0.4 is 10.1 Å². The van der Waals surface area contributed by atoms with Gasteiger partial charge in [-0.2, -0.15) is 0 Å². The van der Waals surface area contributed by atoms with E-state index in [1.807, 2.05) is 13.0 Å². The normalized spacial score (nSPS) is 10.3. The molecule has 0 atom stereocenters. The first-order valence-corrected chi connectivity index (χ1v) is 7.68. The van der Waals surface area contributed by atoms with Crippen molar-refractivity contribution in [2.45, 2.75) is 13.8 Å². The van der Waals surface area contributed by atoms with E-state index in [1.165, 1.54) is 6.07 Å². The Morgan fingerprint density at radius 2 is 1.92 bits per heavy atom. The van der Waals surface area contributed by atoms with E-state index in [-0.39, 0.29) is 30.3 Å². The molecule has 2 aromatic carbocycles. The fourth-order valence-electron chi connectivity index (χ4n) is 2.05. The van der Waals surface area contributed by atoms with Crippen molar-refractivity contribution in [3.63, 3.8) is 0 Å². The molecule has 6 nitrogen and oxygen atoms in total.